The summed E-state index contributed by atoms with van der Waals surface area (Å²) in [6, 6.07) is 10.3. The van der Waals surface area contributed by atoms with Gasteiger partial charge in [-0.1, -0.05) is 18.2 Å². The largest absolute Gasteiger partial charge is 0.465 e. The molecule has 0 saturated carbocycles. The number of carbonyl (C=O) groups is 3. The molecule has 1 aromatic carbocycles. The van der Waals surface area contributed by atoms with Crippen molar-refractivity contribution in [1.29, 1.82) is 0 Å². The number of amides is 3. The summed E-state index contributed by atoms with van der Waals surface area (Å²) in [4.78, 5) is 41.4. The molecule has 31 heavy (non-hydrogen) atoms. The van der Waals surface area contributed by atoms with E-state index < -0.39 is 24.0 Å². The Hall–Kier alpha value is -3.94. The highest BCUT2D eigenvalue weighted by Gasteiger charge is 2.29. The van der Waals surface area contributed by atoms with Gasteiger partial charge >= 0.3 is 12.0 Å². The summed E-state index contributed by atoms with van der Waals surface area (Å²) in [5.41, 5.74) is 3.52. The topological polar surface area (TPSA) is 111 Å². The first-order valence-electron chi connectivity index (χ1n) is 9.87. The van der Waals surface area contributed by atoms with Crippen LogP contribution in [0.5, 0.6) is 0 Å². The van der Waals surface area contributed by atoms with Crippen LogP contribution in [-0.2, 0) is 16.0 Å². The molecule has 0 bridgehead atoms. The van der Waals surface area contributed by atoms with E-state index >= 15 is 0 Å². The number of allylic oxidation sites excluding steroid dienone is 1. The Labute approximate surface area is 178 Å². The molecule has 2 N–H and O–H groups in total. The van der Waals surface area contributed by atoms with Crippen LogP contribution in [0.1, 0.15) is 40.7 Å². The summed E-state index contributed by atoms with van der Waals surface area (Å²) in [6.45, 7) is 1.42. The maximum Gasteiger partial charge on any atom is 0.339 e. The quantitative estimate of drug-likeness (QED) is 0.628. The molecule has 8 heteroatoms. The van der Waals surface area contributed by atoms with Crippen LogP contribution in [0.2, 0.25) is 0 Å². The Bertz CT molecular complexity index is 1200. The summed E-state index contributed by atoms with van der Waals surface area (Å²) in [6.07, 6.45) is 3.69. The van der Waals surface area contributed by atoms with E-state index in [4.69, 9.17) is 14.1 Å². The minimum absolute atomic E-state index is 0.392. The van der Waals surface area contributed by atoms with E-state index in [0.29, 0.717) is 35.1 Å². The third-order valence-electron chi connectivity index (χ3n) is 5.12. The molecule has 1 atom stereocenters. The van der Waals surface area contributed by atoms with Gasteiger partial charge < -0.3 is 14.5 Å². The van der Waals surface area contributed by atoms with Gasteiger partial charge in [-0.2, -0.15) is 0 Å². The highest BCUT2D eigenvalue weighted by Crippen LogP contribution is 2.37. The van der Waals surface area contributed by atoms with Gasteiger partial charge in [0.05, 0.1) is 23.0 Å². The van der Waals surface area contributed by atoms with Gasteiger partial charge in [0.25, 0.3) is 5.91 Å². The first-order valence-corrected chi connectivity index (χ1v) is 9.87. The minimum atomic E-state index is -1.15. The molecule has 2 aromatic heterocycles. The Morgan fingerprint density at radius 3 is 2.71 bits per heavy atom. The van der Waals surface area contributed by atoms with Crippen molar-refractivity contribution >= 4 is 40.5 Å². The number of carbonyl (C=O) groups excluding carboxylic acids is 3. The third-order valence-corrected chi connectivity index (χ3v) is 5.12. The molecule has 1 unspecified atom stereocenters. The lowest BCUT2D eigenvalue weighted by Crippen LogP contribution is -2.43. The number of fused-ring (bicyclic) bond motifs is 2. The Morgan fingerprint density at radius 2 is 1.97 bits per heavy atom. The van der Waals surface area contributed by atoms with Gasteiger partial charge in [0.2, 0.25) is 0 Å². The van der Waals surface area contributed by atoms with Crippen molar-refractivity contribution in [3.05, 3.63) is 65.2 Å². The number of rotatable bonds is 4. The van der Waals surface area contributed by atoms with Gasteiger partial charge in [-0.3, -0.25) is 10.1 Å². The van der Waals surface area contributed by atoms with Gasteiger partial charge in [0.1, 0.15) is 5.76 Å². The number of hydrogen-bond acceptors (Lipinski definition) is 6. The van der Waals surface area contributed by atoms with Gasteiger partial charge in [-0.05, 0) is 55.2 Å². The summed E-state index contributed by atoms with van der Waals surface area (Å²) in [5.74, 6) is -0.629. The number of furan rings is 1. The van der Waals surface area contributed by atoms with Crippen molar-refractivity contribution in [2.75, 3.05) is 7.05 Å². The highest BCUT2D eigenvalue weighted by atomic mass is 16.5. The van der Waals surface area contributed by atoms with E-state index in [-0.39, 0.29) is 0 Å². The summed E-state index contributed by atoms with van der Waals surface area (Å²) >= 11 is 0. The summed E-state index contributed by atoms with van der Waals surface area (Å²) < 4.78 is 10.8. The number of ether oxygens (including phenoxy) is 1. The van der Waals surface area contributed by atoms with E-state index in [1.807, 2.05) is 42.5 Å². The predicted molar refractivity (Wildman–Crippen MR) is 114 cm³/mol. The normalized spacial score (nSPS) is 14.8. The second-order valence-corrected chi connectivity index (χ2v) is 7.13. The smallest absolute Gasteiger partial charge is 0.339 e. The monoisotopic (exact) mass is 419 g/mol. The lowest BCUT2D eigenvalue weighted by molar-refractivity contribution is -0.127. The SMILES string of the molecule is CNC(=O)NC(=O)C(C)OC(=O)c1c2c(nc3ccccc13)/C(=C/c1ccco1)CC2. The lowest BCUT2D eigenvalue weighted by Gasteiger charge is -2.16. The molecule has 0 spiro atoms. The third kappa shape index (κ3) is 4.05. The maximum absolute atomic E-state index is 13.1. The minimum Gasteiger partial charge on any atom is -0.465 e. The molecule has 158 valence electrons. The van der Waals surface area contributed by atoms with E-state index in [2.05, 4.69) is 10.6 Å². The zero-order chi connectivity index (χ0) is 22.0. The Morgan fingerprint density at radius 1 is 1.16 bits per heavy atom. The molecule has 0 aliphatic heterocycles. The van der Waals surface area contributed by atoms with Crippen LogP contribution in [0.15, 0.2) is 47.1 Å². The number of benzene rings is 1. The fraction of sp³-hybridized carbons (Fsp3) is 0.217. The molecule has 0 radical (unpaired) electrons. The van der Waals surface area contributed by atoms with E-state index in [9.17, 15) is 14.4 Å². The van der Waals surface area contributed by atoms with Crippen LogP contribution in [0, 0.1) is 0 Å². The molecular formula is C23H21N3O5. The fourth-order valence-electron chi connectivity index (χ4n) is 3.61. The molecule has 0 saturated heterocycles. The number of esters is 1. The number of aromatic nitrogens is 1. The van der Waals surface area contributed by atoms with Crippen LogP contribution >= 0.6 is 0 Å². The van der Waals surface area contributed by atoms with Crippen LogP contribution in [0.4, 0.5) is 4.79 Å². The molecular weight excluding hydrogens is 398 g/mol. The van der Waals surface area contributed by atoms with Gasteiger partial charge in [-0.15, -0.1) is 0 Å². The van der Waals surface area contributed by atoms with Gasteiger partial charge in [-0.25, -0.2) is 14.6 Å². The number of nitrogens with one attached hydrogen (secondary N) is 2. The van der Waals surface area contributed by atoms with Crippen molar-refractivity contribution in [3.63, 3.8) is 0 Å². The Balaban J connectivity index is 1.72. The van der Waals surface area contributed by atoms with Crippen molar-refractivity contribution < 1.29 is 23.5 Å². The molecule has 2 heterocycles. The van der Waals surface area contributed by atoms with Crippen molar-refractivity contribution in [3.8, 4) is 0 Å². The van der Waals surface area contributed by atoms with E-state index in [0.717, 1.165) is 16.8 Å². The van der Waals surface area contributed by atoms with E-state index in [1.54, 1.807) is 6.26 Å². The maximum atomic E-state index is 13.1. The predicted octanol–water partition coefficient (Wildman–Crippen LogP) is 3.32. The average molecular weight is 419 g/mol. The standard InChI is InChI=1S/C23H21N3O5/c1-13(21(27)26-23(29)24-2)31-22(28)19-16-7-3-4-8-18(16)25-20-14(9-10-17(19)20)12-15-6-5-11-30-15/h3-8,11-13H,9-10H2,1-2H3,(H2,24,26,27,29)/b14-12+. The van der Waals surface area contributed by atoms with Crippen molar-refractivity contribution in [2.45, 2.75) is 25.9 Å². The molecule has 4 rings (SSSR count). The number of nitrogens with zero attached hydrogens (tertiary/aromatic N) is 1. The second-order valence-electron chi connectivity index (χ2n) is 7.13. The van der Waals surface area contributed by atoms with Crippen molar-refractivity contribution in [1.82, 2.24) is 15.6 Å². The number of hydrogen-bond donors (Lipinski definition) is 2. The van der Waals surface area contributed by atoms with Gasteiger partial charge in [0, 0.05) is 12.4 Å². The molecule has 1 aliphatic carbocycles. The first-order chi connectivity index (χ1) is 15.0. The van der Waals surface area contributed by atoms with Crippen LogP contribution in [-0.4, -0.2) is 36.0 Å². The highest BCUT2D eigenvalue weighted by molar-refractivity contribution is 6.08. The number of imide groups is 1. The van der Waals surface area contributed by atoms with Crippen LogP contribution in [0.25, 0.3) is 22.6 Å². The zero-order valence-electron chi connectivity index (χ0n) is 17.1. The molecule has 0 fully saturated rings. The second kappa shape index (κ2) is 8.43. The summed E-state index contributed by atoms with van der Waals surface area (Å²) in [5, 5.41) is 5.05. The fourth-order valence-corrected chi connectivity index (χ4v) is 3.61. The number of urea groups is 1. The molecule has 3 aromatic rings. The average Bonchev–Trinajstić information content (AvgIpc) is 3.42. The first kappa shape index (κ1) is 20.3. The van der Waals surface area contributed by atoms with Crippen molar-refractivity contribution in [2.24, 2.45) is 0 Å². The lowest BCUT2D eigenvalue weighted by atomic mass is 10.0. The van der Waals surface area contributed by atoms with Gasteiger partial charge in [0.15, 0.2) is 6.10 Å². The van der Waals surface area contributed by atoms with Crippen LogP contribution in [0.3, 0.4) is 0 Å². The molecule has 3 amide bonds. The van der Waals surface area contributed by atoms with Crippen LogP contribution < -0.4 is 10.6 Å². The molecule has 1 aliphatic rings. The number of pyridine rings is 1. The summed E-state index contributed by atoms with van der Waals surface area (Å²) in [7, 11) is 1.39. The molecule has 8 nitrogen and oxygen atoms in total. The zero-order valence-corrected chi connectivity index (χ0v) is 17.1. The van der Waals surface area contributed by atoms with E-state index in [1.165, 1.54) is 14.0 Å². The Kier molecular flexibility index (Phi) is 5.53. The number of para-hydroxylation sites is 1.